The number of nitrogens with one attached hydrogen (secondary N) is 1. The van der Waals surface area contributed by atoms with Crippen LogP contribution in [-0.2, 0) is 11.4 Å². The van der Waals surface area contributed by atoms with E-state index in [1.807, 2.05) is 26.0 Å². The molecule has 7 nitrogen and oxygen atoms in total. The lowest BCUT2D eigenvalue weighted by molar-refractivity contribution is -0.118. The molecule has 0 unspecified atom stereocenters. The Hall–Kier alpha value is -2.52. The SMILES string of the molecule is COc1cc(/C=N\NC(=O)CSc2nc(C)cc(C)n2)cc(Cl)c1OCc1ccc(Cl)c(Cl)c1. The third-order valence-corrected chi connectivity index (χ3v) is 6.18. The fourth-order valence-corrected chi connectivity index (χ4v) is 4.17. The van der Waals surface area contributed by atoms with E-state index in [0.717, 1.165) is 17.0 Å². The highest BCUT2D eigenvalue weighted by atomic mass is 35.5. The van der Waals surface area contributed by atoms with Gasteiger partial charge in [-0.05, 0) is 55.3 Å². The zero-order chi connectivity index (χ0) is 24.7. The average Bonchev–Trinajstić information content (AvgIpc) is 2.78. The van der Waals surface area contributed by atoms with Crippen molar-refractivity contribution in [2.75, 3.05) is 12.9 Å². The molecule has 0 saturated carbocycles. The van der Waals surface area contributed by atoms with Crippen LogP contribution in [0.5, 0.6) is 11.5 Å². The summed E-state index contributed by atoms with van der Waals surface area (Å²) in [6.07, 6.45) is 1.47. The van der Waals surface area contributed by atoms with Crippen LogP contribution in [0.15, 0.2) is 46.7 Å². The van der Waals surface area contributed by atoms with Crippen LogP contribution in [0.1, 0.15) is 22.5 Å². The van der Waals surface area contributed by atoms with Crippen molar-refractivity contribution in [3.8, 4) is 11.5 Å². The number of aromatic nitrogens is 2. The minimum absolute atomic E-state index is 0.131. The maximum absolute atomic E-state index is 12.1. The quantitative estimate of drug-likeness (QED) is 0.158. The molecule has 0 atom stereocenters. The molecule has 0 aliphatic carbocycles. The molecule has 3 rings (SSSR count). The number of thioether (sulfide) groups is 1. The monoisotopic (exact) mass is 538 g/mol. The number of ether oxygens (including phenoxy) is 2. The zero-order valence-corrected chi connectivity index (χ0v) is 21.6. The van der Waals surface area contributed by atoms with Crippen LogP contribution in [0.4, 0.5) is 0 Å². The molecule has 1 heterocycles. The number of halogens is 3. The topological polar surface area (TPSA) is 85.7 Å². The lowest BCUT2D eigenvalue weighted by atomic mass is 10.2. The van der Waals surface area contributed by atoms with E-state index in [1.165, 1.54) is 25.1 Å². The van der Waals surface area contributed by atoms with E-state index in [2.05, 4.69) is 20.5 Å². The summed E-state index contributed by atoms with van der Waals surface area (Å²) in [6, 6.07) is 10.5. The molecule has 1 N–H and O–H groups in total. The van der Waals surface area contributed by atoms with Gasteiger partial charge in [0.25, 0.3) is 5.91 Å². The lowest BCUT2D eigenvalue weighted by Crippen LogP contribution is -2.19. The van der Waals surface area contributed by atoms with Gasteiger partial charge in [0.2, 0.25) is 0 Å². The molecule has 0 bridgehead atoms. The van der Waals surface area contributed by atoms with Crippen molar-refractivity contribution < 1.29 is 14.3 Å². The summed E-state index contributed by atoms with van der Waals surface area (Å²) < 4.78 is 11.3. The molecule has 0 spiro atoms. The Morgan fingerprint density at radius 3 is 2.47 bits per heavy atom. The van der Waals surface area contributed by atoms with E-state index in [1.54, 1.807) is 24.3 Å². The summed E-state index contributed by atoms with van der Waals surface area (Å²) in [6.45, 7) is 3.98. The molecular weight excluding hydrogens is 519 g/mol. The normalized spacial score (nSPS) is 11.0. The largest absolute Gasteiger partial charge is 0.493 e. The number of methoxy groups -OCH3 is 1. The van der Waals surface area contributed by atoms with Crippen LogP contribution in [0.25, 0.3) is 0 Å². The predicted octanol–water partition coefficient (Wildman–Crippen LogP) is 5.88. The van der Waals surface area contributed by atoms with Gasteiger partial charge in [-0.3, -0.25) is 4.79 Å². The van der Waals surface area contributed by atoms with Crippen molar-refractivity contribution in [1.29, 1.82) is 0 Å². The number of amides is 1. The van der Waals surface area contributed by atoms with Gasteiger partial charge in [-0.2, -0.15) is 5.10 Å². The lowest BCUT2D eigenvalue weighted by Gasteiger charge is -2.13. The van der Waals surface area contributed by atoms with Crippen LogP contribution in [0.2, 0.25) is 15.1 Å². The minimum atomic E-state index is -0.288. The second-order valence-electron chi connectivity index (χ2n) is 7.09. The fourth-order valence-electron chi connectivity index (χ4n) is 2.84. The van der Waals surface area contributed by atoms with Crippen LogP contribution in [-0.4, -0.2) is 35.0 Å². The van der Waals surface area contributed by atoms with Gasteiger partial charge in [-0.25, -0.2) is 15.4 Å². The fraction of sp³-hybridized carbons (Fsp3) is 0.217. The van der Waals surface area contributed by atoms with Gasteiger partial charge in [0.1, 0.15) is 6.61 Å². The van der Waals surface area contributed by atoms with Crippen molar-refractivity contribution in [2.45, 2.75) is 25.6 Å². The van der Waals surface area contributed by atoms with Crippen LogP contribution < -0.4 is 14.9 Å². The Morgan fingerprint density at radius 2 is 1.79 bits per heavy atom. The van der Waals surface area contributed by atoms with Crippen LogP contribution in [0.3, 0.4) is 0 Å². The summed E-state index contributed by atoms with van der Waals surface area (Å²) in [7, 11) is 1.51. The minimum Gasteiger partial charge on any atom is -0.493 e. The van der Waals surface area contributed by atoms with Crippen LogP contribution in [0, 0.1) is 13.8 Å². The Labute approximate surface area is 216 Å². The molecule has 1 aromatic heterocycles. The Morgan fingerprint density at radius 1 is 1.06 bits per heavy atom. The first kappa shape index (κ1) is 26.1. The second-order valence-corrected chi connectivity index (χ2v) is 9.25. The average molecular weight is 540 g/mol. The maximum atomic E-state index is 12.1. The third-order valence-electron chi connectivity index (χ3n) is 4.32. The predicted molar refractivity (Wildman–Crippen MR) is 137 cm³/mol. The molecule has 34 heavy (non-hydrogen) atoms. The zero-order valence-electron chi connectivity index (χ0n) is 18.6. The Kier molecular flexibility index (Phi) is 9.41. The van der Waals surface area contributed by atoms with Crippen molar-refractivity contribution in [3.05, 3.63) is 74.0 Å². The first-order valence-electron chi connectivity index (χ1n) is 9.96. The standard InChI is InChI=1S/C23H21Cl3N4O3S/c1-13-6-14(2)29-23(28-13)34-12-21(31)30-27-10-16-8-19(26)22(20(9-16)32-3)33-11-15-4-5-17(24)18(25)7-15/h4-10H,11-12H2,1-3H3,(H,30,31)/b27-10-. The number of aryl methyl sites for hydroxylation is 2. The molecular formula is C23H21Cl3N4O3S. The highest BCUT2D eigenvalue weighted by Gasteiger charge is 2.13. The molecule has 0 saturated heterocycles. The molecule has 2 aromatic carbocycles. The van der Waals surface area contributed by atoms with E-state index in [9.17, 15) is 4.79 Å². The van der Waals surface area contributed by atoms with Gasteiger partial charge in [0.05, 0.1) is 34.1 Å². The van der Waals surface area contributed by atoms with Gasteiger partial charge in [-0.1, -0.05) is 52.6 Å². The van der Waals surface area contributed by atoms with Crippen molar-refractivity contribution >= 4 is 58.7 Å². The number of hydrogen-bond donors (Lipinski definition) is 1. The second kappa shape index (κ2) is 12.3. The van der Waals surface area contributed by atoms with Crippen molar-refractivity contribution in [2.24, 2.45) is 5.10 Å². The van der Waals surface area contributed by atoms with E-state index in [4.69, 9.17) is 44.3 Å². The number of carbonyl (C=O) groups is 1. The summed E-state index contributed by atoms with van der Waals surface area (Å²) in [5, 5.41) is 5.77. The number of hydrogen-bond acceptors (Lipinski definition) is 7. The number of hydrazone groups is 1. The van der Waals surface area contributed by atoms with Crippen LogP contribution >= 0.6 is 46.6 Å². The first-order chi connectivity index (χ1) is 16.2. The van der Waals surface area contributed by atoms with Gasteiger partial charge < -0.3 is 9.47 Å². The molecule has 11 heteroatoms. The highest BCUT2D eigenvalue weighted by Crippen LogP contribution is 2.37. The summed E-state index contributed by atoms with van der Waals surface area (Å²) in [4.78, 5) is 20.7. The van der Waals surface area contributed by atoms with Gasteiger partial charge >= 0.3 is 0 Å². The first-order valence-corrected chi connectivity index (χ1v) is 12.1. The molecule has 0 radical (unpaired) electrons. The van der Waals surface area contributed by atoms with E-state index >= 15 is 0 Å². The summed E-state index contributed by atoms with van der Waals surface area (Å²) in [5.41, 5.74) is 5.62. The van der Waals surface area contributed by atoms with Crippen molar-refractivity contribution in [3.63, 3.8) is 0 Å². The molecule has 178 valence electrons. The van der Waals surface area contributed by atoms with E-state index in [-0.39, 0.29) is 18.3 Å². The Balaban J connectivity index is 1.59. The number of carbonyl (C=O) groups excluding carboxylic acids is 1. The van der Waals surface area contributed by atoms with Gasteiger partial charge in [0, 0.05) is 11.4 Å². The van der Waals surface area contributed by atoms with Gasteiger partial charge in [0.15, 0.2) is 16.7 Å². The Bertz CT molecular complexity index is 1200. The highest BCUT2D eigenvalue weighted by molar-refractivity contribution is 7.99. The smallest absolute Gasteiger partial charge is 0.250 e. The number of rotatable bonds is 9. The molecule has 0 fully saturated rings. The summed E-state index contributed by atoms with van der Waals surface area (Å²) in [5.74, 6) is 0.638. The molecule has 1 amide bonds. The van der Waals surface area contributed by atoms with Crippen molar-refractivity contribution in [1.82, 2.24) is 15.4 Å². The number of benzene rings is 2. The third kappa shape index (κ3) is 7.50. The van der Waals surface area contributed by atoms with E-state index < -0.39 is 0 Å². The maximum Gasteiger partial charge on any atom is 0.250 e. The van der Waals surface area contributed by atoms with E-state index in [0.29, 0.717) is 37.3 Å². The summed E-state index contributed by atoms with van der Waals surface area (Å²) >= 11 is 19.6. The molecule has 0 aliphatic rings. The number of nitrogens with zero attached hydrogens (tertiary/aromatic N) is 3. The molecule has 0 aliphatic heterocycles. The molecule has 3 aromatic rings. The van der Waals surface area contributed by atoms with Gasteiger partial charge in [-0.15, -0.1) is 0 Å².